The zero-order valence-electron chi connectivity index (χ0n) is 66.7. The van der Waals surface area contributed by atoms with Crippen molar-refractivity contribution in [3.05, 3.63) is 446 Å². The van der Waals surface area contributed by atoms with Gasteiger partial charge in [-0.25, -0.2) is 26.3 Å². The van der Waals surface area contributed by atoms with E-state index in [-0.39, 0.29) is 16.7 Å². The number of nitrogens with zero attached hydrogens (tertiary/aromatic N) is 3. The van der Waals surface area contributed by atoms with Crippen LogP contribution >= 0.6 is 0 Å². The normalized spacial score (nSPS) is 14.3. The molecule has 9 heteroatoms. The Hall–Kier alpha value is -13.5. The fourth-order valence-corrected chi connectivity index (χ4v) is 21.8. The van der Waals surface area contributed by atoms with Crippen LogP contribution in [0.5, 0.6) is 0 Å². The lowest BCUT2D eigenvalue weighted by Gasteiger charge is -2.48. The van der Waals surface area contributed by atoms with Crippen LogP contribution in [0.1, 0.15) is 143 Å². The summed E-state index contributed by atoms with van der Waals surface area (Å²) in [4.78, 5) is 7.20. The molecule has 0 aromatic heterocycles. The summed E-state index contributed by atoms with van der Waals surface area (Å²) in [5.41, 5.74) is 26.7. The molecule has 16 aromatic rings. The van der Waals surface area contributed by atoms with Crippen molar-refractivity contribution in [3.63, 3.8) is 0 Å². The molecule has 120 heavy (non-hydrogen) atoms. The average Bonchev–Trinajstić information content (AvgIpc) is 1.45. The predicted octanol–water partition coefficient (Wildman–Crippen LogP) is 30.0. The van der Waals surface area contributed by atoms with E-state index in [4.69, 9.17) is 0 Å². The molecule has 3 aliphatic heterocycles. The van der Waals surface area contributed by atoms with Gasteiger partial charge in [0.1, 0.15) is 34.9 Å². The topological polar surface area (TPSA) is 9.72 Å². The van der Waals surface area contributed by atoms with E-state index in [0.717, 1.165) is 227 Å². The highest BCUT2D eigenvalue weighted by Gasteiger charge is 2.65. The number of halogens is 6. The highest BCUT2D eigenvalue weighted by atomic mass is 19.2. The Morgan fingerprint density at radius 3 is 0.675 bits per heavy atom. The predicted molar refractivity (Wildman–Crippen MR) is 475 cm³/mol. The highest BCUT2D eigenvalue weighted by Crippen LogP contribution is 2.78. The van der Waals surface area contributed by atoms with E-state index in [1.807, 2.05) is 18.2 Å². The van der Waals surface area contributed by atoms with Crippen LogP contribution in [0.15, 0.2) is 328 Å². The van der Waals surface area contributed by atoms with Crippen molar-refractivity contribution in [2.75, 3.05) is 14.7 Å². The summed E-state index contributed by atoms with van der Waals surface area (Å²) in [6, 6.07) is 110. The second-order valence-corrected chi connectivity index (χ2v) is 33.1. The second kappa shape index (κ2) is 28.1. The molecule has 0 saturated heterocycles. The van der Waals surface area contributed by atoms with Crippen LogP contribution in [-0.2, 0) is 35.5 Å². The molecule has 22 rings (SSSR count). The third kappa shape index (κ3) is 10.4. The number of fused-ring (bicyclic) bond motifs is 30. The molecule has 0 amide bonds. The minimum absolute atomic E-state index is 0.224. The SMILES string of the molecule is CCCCc1ccc(N2c3ccccc3C3(c4cc(-c5ccc(F)cc5F)ccc4-c4c3c3c(c5c4C4(c6cc(-c7ccc(F)cc7F)ccc6-5)c5ccccc5N(c5ccc(CCCC)cc5)c5ccccc54)C4(c5cc(-c6ccc(F)cc6F)ccc5-3)c3ccccc3N(c3ccc(CCCC)cc3)c3ccccc34)c3ccccc32)cc1. The van der Waals surface area contributed by atoms with Gasteiger partial charge in [0.25, 0.3) is 0 Å². The van der Waals surface area contributed by atoms with E-state index in [1.165, 1.54) is 34.9 Å². The Bertz CT molecular complexity index is 6100. The zero-order chi connectivity index (χ0) is 81.0. The van der Waals surface area contributed by atoms with Gasteiger partial charge < -0.3 is 14.7 Å². The molecule has 3 spiro atoms. The quantitative estimate of drug-likeness (QED) is 0.0947. The van der Waals surface area contributed by atoms with E-state index in [0.29, 0.717) is 16.7 Å². The average molecular weight is 1570 g/mol. The highest BCUT2D eigenvalue weighted by molar-refractivity contribution is 6.14. The summed E-state index contributed by atoms with van der Waals surface area (Å²) in [6.07, 6.45) is 9.13. The van der Waals surface area contributed by atoms with Gasteiger partial charge in [-0.05, 0) is 299 Å². The molecule has 0 radical (unpaired) electrons. The van der Waals surface area contributed by atoms with Crippen LogP contribution in [0.3, 0.4) is 0 Å². The zero-order valence-corrected chi connectivity index (χ0v) is 66.7. The number of benzene rings is 16. The van der Waals surface area contributed by atoms with Crippen molar-refractivity contribution >= 4 is 51.2 Å². The Kier molecular flexibility index (Phi) is 17.1. The molecule has 0 N–H and O–H groups in total. The van der Waals surface area contributed by atoms with Crippen LogP contribution in [0.25, 0.3) is 66.8 Å². The fraction of sp³-hybridized carbons (Fsp3) is 0.135. The summed E-state index contributed by atoms with van der Waals surface area (Å²) >= 11 is 0. The van der Waals surface area contributed by atoms with E-state index >= 15 is 26.3 Å². The largest absolute Gasteiger partial charge is 0.310 e. The van der Waals surface area contributed by atoms with E-state index in [2.05, 4.69) is 290 Å². The van der Waals surface area contributed by atoms with Gasteiger partial charge in [0.05, 0.1) is 50.4 Å². The van der Waals surface area contributed by atoms with E-state index in [9.17, 15) is 0 Å². The molecule has 0 unspecified atom stereocenters. The lowest BCUT2D eigenvalue weighted by molar-refractivity contribution is 0.585. The Morgan fingerprint density at radius 1 is 0.225 bits per heavy atom. The van der Waals surface area contributed by atoms with Gasteiger partial charge in [0, 0.05) is 52.0 Å². The van der Waals surface area contributed by atoms with E-state index in [1.54, 1.807) is 18.2 Å². The first-order chi connectivity index (χ1) is 58.9. The van der Waals surface area contributed by atoms with Crippen LogP contribution in [-0.4, -0.2) is 0 Å². The number of anilines is 9. The van der Waals surface area contributed by atoms with Gasteiger partial charge in [-0.2, -0.15) is 0 Å². The molecule has 6 aliphatic rings. The van der Waals surface area contributed by atoms with Gasteiger partial charge >= 0.3 is 0 Å². The van der Waals surface area contributed by atoms with Crippen LogP contribution in [0, 0.1) is 34.9 Å². The van der Waals surface area contributed by atoms with Gasteiger partial charge in [-0.15, -0.1) is 0 Å². The summed E-state index contributed by atoms with van der Waals surface area (Å²) in [5, 5.41) is 0. The van der Waals surface area contributed by atoms with Crippen molar-refractivity contribution in [3.8, 4) is 66.8 Å². The lowest BCUT2D eigenvalue weighted by atomic mass is 9.58. The third-order valence-electron chi connectivity index (χ3n) is 26.8. The van der Waals surface area contributed by atoms with Crippen LogP contribution in [0.2, 0.25) is 0 Å². The first-order valence-electron chi connectivity index (χ1n) is 42.2. The number of hydrogen-bond donors (Lipinski definition) is 0. The summed E-state index contributed by atoms with van der Waals surface area (Å²) in [5.74, 6) is -4.22. The van der Waals surface area contributed by atoms with Crippen molar-refractivity contribution in [1.82, 2.24) is 0 Å². The van der Waals surface area contributed by atoms with Crippen LogP contribution in [0.4, 0.5) is 77.5 Å². The minimum Gasteiger partial charge on any atom is -0.310 e. The van der Waals surface area contributed by atoms with Gasteiger partial charge in [-0.1, -0.05) is 222 Å². The third-order valence-corrected chi connectivity index (χ3v) is 26.8. The Morgan fingerprint density at radius 2 is 0.450 bits per heavy atom. The molecule has 0 atom stereocenters. The number of unbranched alkanes of at least 4 members (excludes halogenated alkanes) is 3. The summed E-state index contributed by atoms with van der Waals surface area (Å²) in [7, 11) is 0. The molecule has 3 nitrogen and oxygen atoms in total. The maximum Gasteiger partial charge on any atom is 0.133 e. The molecular formula is C111H81F6N3. The number of aryl methyl sites for hydroxylation is 3. The van der Waals surface area contributed by atoms with Gasteiger partial charge in [0.2, 0.25) is 0 Å². The molecule has 3 aliphatic carbocycles. The van der Waals surface area contributed by atoms with Crippen molar-refractivity contribution < 1.29 is 26.3 Å². The molecule has 0 saturated carbocycles. The Balaban J connectivity index is 0.981. The minimum atomic E-state index is -1.39. The van der Waals surface area contributed by atoms with Crippen molar-refractivity contribution in [2.45, 2.75) is 94.8 Å². The first kappa shape index (κ1) is 72.9. The standard InChI is InChI=1S/C111H81F6N3/c1-4-7-22-67-37-49-76(50-38-67)118-97-31-16-10-25-85(97)109(86-26-11-17-32-98(86)118)91-61-70(79-58-46-73(112)64-94(79)115)43-55-82(91)103-106(109)104-83-56-44-71(80-59-47-74(113)65-95(80)116)62-92(83)110(87-27-12-18-33-99(87)119(100-34-19-13-28-88(100)110)77-51-39-68(40-52-77)23-8-5-2)108(104)105-84-57-45-72(81-60-48-75(114)66-96(81)117)63-93(84)111(107(103)105)89-29-14-20-35-101(89)120(102-36-21-15-30-90(102)111)78-53-41-69(42-54-78)24-9-6-3/h10-21,25-66H,4-9,22-24H2,1-3H3. The molecule has 3 heterocycles. The fourth-order valence-electron chi connectivity index (χ4n) is 21.8. The van der Waals surface area contributed by atoms with Crippen LogP contribution < -0.4 is 14.7 Å². The smallest absolute Gasteiger partial charge is 0.133 e. The molecular weight excluding hydrogens is 1490 g/mol. The van der Waals surface area contributed by atoms with Crippen molar-refractivity contribution in [1.29, 1.82) is 0 Å². The maximum absolute atomic E-state index is 17.5. The number of rotatable bonds is 15. The molecule has 582 valence electrons. The molecule has 0 bridgehead atoms. The molecule has 0 fully saturated rings. The first-order valence-corrected chi connectivity index (χ1v) is 42.2. The van der Waals surface area contributed by atoms with Gasteiger partial charge in [0.15, 0.2) is 0 Å². The second-order valence-electron chi connectivity index (χ2n) is 33.1. The maximum atomic E-state index is 17.5. The number of para-hydroxylation sites is 6. The monoisotopic (exact) mass is 1570 g/mol. The summed E-state index contributed by atoms with van der Waals surface area (Å²) in [6.45, 7) is 6.66. The Labute approximate surface area is 695 Å². The number of hydrogen-bond acceptors (Lipinski definition) is 3. The lowest BCUT2D eigenvalue weighted by Crippen LogP contribution is -2.39. The van der Waals surface area contributed by atoms with Gasteiger partial charge in [-0.3, -0.25) is 0 Å². The van der Waals surface area contributed by atoms with Crippen molar-refractivity contribution in [2.24, 2.45) is 0 Å². The molecule has 16 aromatic carbocycles. The summed E-state index contributed by atoms with van der Waals surface area (Å²) < 4.78 is 99.6. The van der Waals surface area contributed by atoms with E-state index < -0.39 is 51.1 Å².